The van der Waals surface area contributed by atoms with Crippen LogP contribution >= 0.6 is 0 Å². The number of hydrogen-bond donors (Lipinski definition) is 1. The van der Waals surface area contributed by atoms with Gasteiger partial charge in [0.05, 0.1) is 19.8 Å². The lowest BCUT2D eigenvalue weighted by Gasteiger charge is -2.44. The average molecular weight is 293 g/mol. The SMILES string of the molecule is COc1cccc(OC)c1C(O)C(C)(C)N1CCCCC1. The summed E-state index contributed by atoms with van der Waals surface area (Å²) in [6, 6.07) is 5.61. The van der Waals surface area contributed by atoms with Gasteiger partial charge in [0.2, 0.25) is 0 Å². The second-order valence-electron chi connectivity index (χ2n) is 6.18. The van der Waals surface area contributed by atoms with Crippen LogP contribution in [0.2, 0.25) is 0 Å². The molecule has 0 saturated carbocycles. The summed E-state index contributed by atoms with van der Waals surface area (Å²) in [6.07, 6.45) is 3.00. The minimum Gasteiger partial charge on any atom is -0.496 e. The fraction of sp³-hybridized carbons (Fsp3) is 0.647. The third-order valence-electron chi connectivity index (χ3n) is 4.58. The van der Waals surface area contributed by atoms with Gasteiger partial charge in [-0.15, -0.1) is 0 Å². The third-order valence-corrected chi connectivity index (χ3v) is 4.58. The molecule has 0 amide bonds. The first-order valence-corrected chi connectivity index (χ1v) is 7.66. The van der Waals surface area contributed by atoms with E-state index in [1.54, 1.807) is 14.2 Å². The minimum atomic E-state index is -0.665. The van der Waals surface area contributed by atoms with Crippen molar-refractivity contribution in [3.8, 4) is 11.5 Å². The number of benzene rings is 1. The fourth-order valence-electron chi connectivity index (χ4n) is 3.15. The Hall–Kier alpha value is -1.26. The van der Waals surface area contributed by atoms with Crippen molar-refractivity contribution >= 4 is 0 Å². The van der Waals surface area contributed by atoms with Crippen molar-refractivity contribution < 1.29 is 14.6 Å². The summed E-state index contributed by atoms with van der Waals surface area (Å²) in [4.78, 5) is 2.37. The molecule has 1 atom stereocenters. The topological polar surface area (TPSA) is 41.9 Å². The first-order valence-electron chi connectivity index (χ1n) is 7.66. The van der Waals surface area contributed by atoms with Crippen molar-refractivity contribution in [2.75, 3.05) is 27.3 Å². The first-order chi connectivity index (χ1) is 10.0. The maximum Gasteiger partial charge on any atom is 0.128 e. The Kier molecular flexibility index (Phi) is 5.12. The van der Waals surface area contributed by atoms with Crippen LogP contribution in [0.5, 0.6) is 11.5 Å². The van der Waals surface area contributed by atoms with Crippen LogP contribution in [0.4, 0.5) is 0 Å². The quantitative estimate of drug-likeness (QED) is 0.906. The Labute approximate surface area is 127 Å². The van der Waals surface area contributed by atoms with E-state index in [-0.39, 0.29) is 5.54 Å². The highest BCUT2D eigenvalue weighted by Crippen LogP contribution is 2.41. The zero-order valence-electron chi connectivity index (χ0n) is 13.6. The molecule has 0 aliphatic carbocycles. The molecule has 1 aliphatic heterocycles. The highest BCUT2D eigenvalue weighted by Gasteiger charge is 2.38. The van der Waals surface area contributed by atoms with Crippen molar-refractivity contribution in [1.29, 1.82) is 0 Å². The minimum absolute atomic E-state index is 0.359. The van der Waals surface area contributed by atoms with E-state index in [1.807, 2.05) is 18.2 Å². The molecule has 1 N–H and O–H groups in total. The molecule has 2 rings (SSSR count). The summed E-state index contributed by atoms with van der Waals surface area (Å²) in [5.74, 6) is 1.35. The number of aliphatic hydroxyl groups is 1. The van der Waals surface area contributed by atoms with Crippen LogP contribution in [-0.4, -0.2) is 42.9 Å². The van der Waals surface area contributed by atoms with Crippen molar-refractivity contribution in [2.45, 2.75) is 44.8 Å². The molecular formula is C17H27NO3. The highest BCUT2D eigenvalue weighted by atomic mass is 16.5. The molecule has 118 valence electrons. The summed E-state index contributed by atoms with van der Waals surface area (Å²) in [5.41, 5.74) is 0.376. The molecule has 1 fully saturated rings. The molecule has 1 aromatic rings. The van der Waals surface area contributed by atoms with E-state index in [0.29, 0.717) is 11.5 Å². The Morgan fingerprint density at radius 3 is 2.05 bits per heavy atom. The lowest BCUT2D eigenvalue weighted by atomic mass is 9.87. The molecule has 0 spiro atoms. The van der Waals surface area contributed by atoms with Gasteiger partial charge in [0, 0.05) is 5.54 Å². The van der Waals surface area contributed by atoms with Crippen molar-refractivity contribution in [1.82, 2.24) is 4.90 Å². The normalized spacial score (nSPS) is 18.3. The van der Waals surface area contributed by atoms with E-state index in [0.717, 1.165) is 18.7 Å². The molecule has 21 heavy (non-hydrogen) atoms. The largest absolute Gasteiger partial charge is 0.496 e. The van der Waals surface area contributed by atoms with Crippen LogP contribution in [0, 0.1) is 0 Å². The summed E-state index contributed by atoms with van der Waals surface area (Å²) in [7, 11) is 3.25. The van der Waals surface area contributed by atoms with E-state index in [9.17, 15) is 5.11 Å². The average Bonchev–Trinajstić information content (AvgIpc) is 2.54. The number of ether oxygens (including phenoxy) is 2. The zero-order chi connectivity index (χ0) is 15.5. The Morgan fingerprint density at radius 1 is 1.05 bits per heavy atom. The van der Waals surface area contributed by atoms with Crippen LogP contribution in [-0.2, 0) is 0 Å². The third kappa shape index (κ3) is 3.16. The second-order valence-corrected chi connectivity index (χ2v) is 6.18. The monoisotopic (exact) mass is 293 g/mol. The zero-order valence-corrected chi connectivity index (χ0v) is 13.6. The fourth-order valence-corrected chi connectivity index (χ4v) is 3.15. The lowest BCUT2D eigenvalue weighted by Crippen LogP contribution is -2.50. The van der Waals surface area contributed by atoms with Gasteiger partial charge in [-0.1, -0.05) is 12.5 Å². The number of piperidine rings is 1. The van der Waals surface area contributed by atoms with Gasteiger partial charge in [0.1, 0.15) is 17.6 Å². The van der Waals surface area contributed by atoms with Gasteiger partial charge in [0.25, 0.3) is 0 Å². The standard InChI is InChI=1S/C17H27NO3/c1-17(2,18-11-6-5-7-12-18)16(19)15-13(20-3)9-8-10-14(15)21-4/h8-10,16,19H,5-7,11-12H2,1-4H3. The molecular weight excluding hydrogens is 266 g/mol. The number of nitrogens with zero attached hydrogens (tertiary/aromatic N) is 1. The lowest BCUT2D eigenvalue weighted by molar-refractivity contribution is -0.0228. The van der Waals surface area contributed by atoms with E-state index in [2.05, 4.69) is 18.7 Å². The Bertz CT molecular complexity index is 445. The van der Waals surface area contributed by atoms with Gasteiger partial charge in [0.15, 0.2) is 0 Å². The highest BCUT2D eigenvalue weighted by molar-refractivity contribution is 5.47. The van der Waals surface area contributed by atoms with Crippen LogP contribution in [0.1, 0.15) is 44.8 Å². The van der Waals surface area contributed by atoms with E-state index >= 15 is 0 Å². The van der Waals surface area contributed by atoms with Crippen molar-refractivity contribution in [3.63, 3.8) is 0 Å². The van der Waals surface area contributed by atoms with Crippen molar-refractivity contribution in [2.24, 2.45) is 0 Å². The summed E-state index contributed by atoms with van der Waals surface area (Å²) >= 11 is 0. The molecule has 4 nitrogen and oxygen atoms in total. The number of methoxy groups -OCH3 is 2. The van der Waals surface area contributed by atoms with E-state index < -0.39 is 6.10 Å². The van der Waals surface area contributed by atoms with E-state index in [1.165, 1.54) is 19.3 Å². The molecule has 1 heterocycles. The van der Waals surface area contributed by atoms with Crippen LogP contribution in [0.3, 0.4) is 0 Å². The number of aliphatic hydroxyl groups excluding tert-OH is 1. The molecule has 4 heteroatoms. The summed E-state index contributed by atoms with van der Waals surface area (Å²) < 4.78 is 10.9. The summed E-state index contributed by atoms with van der Waals surface area (Å²) in [5, 5.41) is 11.0. The van der Waals surface area contributed by atoms with E-state index in [4.69, 9.17) is 9.47 Å². The molecule has 0 aromatic heterocycles. The molecule has 1 aliphatic rings. The van der Waals surface area contributed by atoms with Crippen LogP contribution in [0.15, 0.2) is 18.2 Å². The van der Waals surface area contributed by atoms with Gasteiger partial charge in [-0.05, 0) is 51.9 Å². The van der Waals surface area contributed by atoms with Gasteiger partial charge < -0.3 is 14.6 Å². The van der Waals surface area contributed by atoms with Crippen LogP contribution < -0.4 is 9.47 Å². The summed E-state index contributed by atoms with van der Waals surface area (Å²) in [6.45, 7) is 6.24. The number of hydrogen-bond acceptors (Lipinski definition) is 4. The Morgan fingerprint density at radius 2 is 1.57 bits per heavy atom. The van der Waals surface area contributed by atoms with Gasteiger partial charge in [-0.2, -0.15) is 0 Å². The maximum atomic E-state index is 11.0. The maximum absolute atomic E-state index is 11.0. The van der Waals surface area contributed by atoms with Crippen LogP contribution in [0.25, 0.3) is 0 Å². The van der Waals surface area contributed by atoms with Gasteiger partial charge >= 0.3 is 0 Å². The molecule has 1 saturated heterocycles. The molecule has 0 bridgehead atoms. The predicted octanol–water partition coefficient (Wildman–Crippen LogP) is 3.00. The van der Waals surface area contributed by atoms with Crippen molar-refractivity contribution in [3.05, 3.63) is 23.8 Å². The molecule has 0 radical (unpaired) electrons. The Balaban J connectivity index is 2.35. The number of rotatable bonds is 5. The van der Waals surface area contributed by atoms with Gasteiger partial charge in [-0.3, -0.25) is 4.90 Å². The first kappa shape index (κ1) is 16.1. The predicted molar refractivity (Wildman–Crippen MR) is 84.0 cm³/mol. The smallest absolute Gasteiger partial charge is 0.128 e. The second kappa shape index (κ2) is 6.67. The molecule has 1 unspecified atom stereocenters. The van der Waals surface area contributed by atoms with Gasteiger partial charge in [-0.25, -0.2) is 0 Å². The molecule has 1 aromatic carbocycles. The number of likely N-dealkylation sites (tertiary alicyclic amines) is 1.